The number of carbonyl (C=O) groups is 1. The molecule has 0 saturated heterocycles. The fraction of sp³-hybridized carbons (Fsp3) is 0.364. The van der Waals surface area contributed by atoms with Crippen LogP contribution in [0.25, 0.3) is 0 Å². The van der Waals surface area contributed by atoms with Gasteiger partial charge in [0.1, 0.15) is 5.82 Å². The zero-order valence-electron chi connectivity index (χ0n) is 9.61. The Bertz CT molecular complexity index is 447. The van der Waals surface area contributed by atoms with E-state index in [2.05, 4.69) is 4.74 Å². The first-order valence-corrected chi connectivity index (χ1v) is 5.08. The van der Waals surface area contributed by atoms with E-state index in [1.807, 2.05) is 19.2 Å². The number of rotatable bonds is 0. The maximum atomic E-state index is 13.0. The fourth-order valence-corrected chi connectivity index (χ4v) is 1.22. The molecule has 3 nitrogen and oxygen atoms in total. The van der Waals surface area contributed by atoms with Gasteiger partial charge in [0.05, 0.1) is 5.69 Å². The highest BCUT2D eigenvalue weighted by molar-refractivity contribution is 5.98. The van der Waals surface area contributed by atoms with Crippen LogP contribution >= 0.6 is 0 Å². The van der Waals surface area contributed by atoms with E-state index >= 15 is 0 Å². The normalized spacial score (nSPS) is 16.0. The Morgan fingerprint density at radius 1 is 1.29 bits per heavy atom. The van der Waals surface area contributed by atoms with E-state index in [1.165, 1.54) is 13.0 Å². The average molecular weight is 247 g/mol. The minimum absolute atomic E-state index is 0.0461. The Labute approximate surface area is 96.6 Å². The average Bonchev–Trinajstić information content (AvgIpc) is 2.26. The van der Waals surface area contributed by atoms with Gasteiger partial charge in [0, 0.05) is 6.07 Å². The Morgan fingerprint density at radius 2 is 1.88 bits per heavy atom. The van der Waals surface area contributed by atoms with Crippen molar-refractivity contribution in [2.45, 2.75) is 26.9 Å². The number of amides is 1. The predicted octanol–water partition coefficient (Wildman–Crippen LogP) is 3.08. The molecule has 2 rings (SSSR count). The molecule has 0 spiro atoms. The number of ether oxygens (including phenoxy) is 1. The van der Waals surface area contributed by atoms with E-state index in [9.17, 15) is 18.0 Å². The molecule has 0 saturated carbocycles. The number of fused-ring (bicyclic) bond motifs is 1. The maximum absolute atomic E-state index is 13.0. The van der Waals surface area contributed by atoms with Gasteiger partial charge in [-0.25, -0.2) is 4.39 Å². The molecule has 0 unspecified atom stereocenters. The molecular formula is C11H12F3NO2. The van der Waals surface area contributed by atoms with Crippen LogP contribution in [0.2, 0.25) is 0 Å². The number of carbonyl (C=O) groups excluding carboxylic acids is 1. The third-order valence-electron chi connectivity index (χ3n) is 2.01. The highest BCUT2D eigenvalue weighted by Crippen LogP contribution is 2.36. The molecule has 1 N–H and O–H groups in total. The van der Waals surface area contributed by atoms with Gasteiger partial charge < -0.3 is 10.1 Å². The van der Waals surface area contributed by atoms with Gasteiger partial charge in [-0.15, -0.1) is 0 Å². The molecule has 0 atom stereocenters. The van der Waals surface area contributed by atoms with Gasteiger partial charge in [-0.2, -0.15) is 8.78 Å². The van der Waals surface area contributed by atoms with E-state index in [4.69, 9.17) is 0 Å². The van der Waals surface area contributed by atoms with Crippen LogP contribution in [0.5, 0.6) is 5.75 Å². The number of aryl methyl sites for hydroxylation is 1. The molecule has 0 aliphatic carbocycles. The summed E-state index contributed by atoms with van der Waals surface area (Å²) in [7, 11) is 0. The second-order valence-corrected chi connectivity index (χ2v) is 3.17. The Balaban J connectivity index is 0.000000686. The van der Waals surface area contributed by atoms with E-state index in [0.29, 0.717) is 0 Å². The summed E-state index contributed by atoms with van der Waals surface area (Å²) < 4.78 is 42.6. The van der Waals surface area contributed by atoms with Crippen LogP contribution in [0.1, 0.15) is 19.4 Å². The van der Waals surface area contributed by atoms with Crippen molar-refractivity contribution in [3.8, 4) is 5.75 Å². The smallest absolute Gasteiger partial charge is 0.423 e. The highest BCUT2D eigenvalue weighted by atomic mass is 19.3. The lowest BCUT2D eigenvalue weighted by atomic mass is 10.1. The van der Waals surface area contributed by atoms with E-state index in [-0.39, 0.29) is 17.0 Å². The van der Waals surface area contributed by atoms with Gasteiger partial charge >= 0.3 is 12.0 Å². The molecule has 0 bridgehead atoms. The summed E-state index contributed by atoms with van der Waals surface area (Å²) in [6.07, 6.45) is -3.95. The van der Waals surface area contributed by atoms with Crippen LogP contribution in [-0.4, -0.2) is 12.0 Å². The molecule has 6 heteroatoms. The summed E-state index contributed by atoms with van der Waals surface area (Å²) in [5.41, 5.74) is 0.285. The fourth-order valence-electron chi connectivity index (χ4n) is 1.22. The molecule has 1 amide bonds. The first kappa shape index (κ1) is 13.3. The van der Waals surface area contributed by atoms with Crippen LogP contribution in [0.15, 0.2) is 12.1 Å². The largest absolute Gasteiger partial charge is 0.482 e. The molecule has 17 heavy (non-hydrogen) atoms. The van der Waals surface area contributed by atoms with Crippen LogP contribution in [0.3, 0.4) is 0 Å². The lowest BCUT2D eigenvalue weighted by Gasteiger charge is -2.24. The van der Waals surface area contributed by atoms with Crippen molar-refractivity contribution in [3.63, 3.8) is 0 Å². The molecule has 1 aromatic rings. The quantitative estimate of drug-likeness (QED) is 0.765. The predicted molar refractivity (Wildman–Crippen MR) is 56.7 cm³/mol. The van der Waals surface area contributed by atoms with Crippen molar-refractivity contribution in [3.05, 3.63) is 23.5 Å². The minimum atomic E-state index is -3.95. The highest BCUT2D eigenvalue weighted by Gasteiger charge is 2.46. The van der Waals surface area contributed by atoms with Crippen molar-refractivity contribution >= 4 is 11.6 Å². The molecule has 0 aromatic heterocycles. The van der Waals surface area contributed by atoms with Crippen molar-refractivity contribution in [2.24, 2.45) is 0 Å². The van der Waals surface area contributed by atoms with E-state index < -0.39 is 17.8 Å². The zero-order valence-corrected chi connectivity index (χ0v) is 9.61. The zero-order chi connectivity index (χ0) is 13.2. The number of halogens is 3. The molecule has 0 fully saturated rings. The van der Waals surface area contributed by atoms with E-state index in [1.54, 1.807) is 0 Å². The summed E-state index contributed by atoms with van der Waals surface area (Å²) in [5.74, 6) is -2.59. The van der Waals surface area contributed by atoms with Crippen LogP contribution < -0.4 is 10.1 Å². The first-order valence-electron chi connectivity index (χ1n) is 5.08. The second-order valence-electron chi connectivity index (χ2n) is 3.17. The standard InChI is InChI=1S/C9H6F3NO2.C2H6/c1-4-2-6-7(3-5(4)10)15-9(11,12)8(14)13-6;1-2/h2-3H,1H3,(H,13,14);1-2H3. The Hall–Kier alpha value is -1.72. The van der Waals surface area contributed by atoms with Gasteiger partial charge in [-0.1, -0.05) is 13.8 Å². The molecule has 1 aliphatic rings. The first-order chi connectivity index (χ1) is 7.90. The van der Waals surface area contributed by atoms with Crippen molar-refractivity contribution in [2.75, 3.05) is 5.32 Å². The number of benzene rings is 1. The molecule has 94 valence electrons. The van der Waals surface area contributed by atoms with Crippen molar-refractivity contribution < 1.29 is 22.7 Å². The van der Waals surface area contributed by atoms with Gasteiger partial charge in [0.2, 0.25) is 0 Å². The lowest BCUT2D eigenvalue weighted by Crippen LogP contribution is -2.43. The Morgan fingerprint density at radius 3 is 2.47 bits per heavy atom. The summed E-state index contributed by atoms with van der Waals surface area (Å²) in [5, 5.41) is 1.94. The Kier molecular flexibility index (Phi) is 3.65. The number of nitrogens with one attached hydrogen (secondary N) is 1. The van der Waals surface area contributed by atoms with Gasteiger partial charge in [-0.05, 0) is 18.6 Å². The number of hydrogen-bond acceptors (Lipinski definition) is 2. The van der Waals surface area contributed by atoms with Crippen LogP contribution in [-0.2, 0) is 4.79 Å². The number of hydrogen-bond donors (Lipinski definition) is 1. The monoisotopic (exact) mass is 247 g/mol. The number of anilines is 1. The molecular weight excluding hydrogens is 235 g/mol. The third-order valence-corrected chi connectivity index (χ3v) is 2.01. The van der Waals surface area contributed by atoms with Crippen molar-refractivity contribution in [1.29, 1.82) is 0 Å². The second kappa shape index (κ2) is 4.65. The molecule has 0 radical (unpaired) electrons. The topological polar surface area (TPSA) is 38.3 Å². The third kappa shape index (κ3) is 2.51. The number of alkyl halides is 2. The van der Waals surface area contributed by atoms with Crippen molar-refractivity contribution in [1.82, 2.24) is 0 Å². The molecule has 1 aliphatic heterocycles. The summed E-state index contributed by atoms with van der Waals surface area (Å²) in [6, 6.07) is 2.05. The molecule has 1 heterocycles. The van der Waals surface area contributed by atoms with Crippen LogP contribution in [0, 0.1) is 12.7 Å². The summed E-state index contributed by atoms with van der Waals surface area (Å²) >= 11 is 0. The van der Waals surface area contributed by atoms with Gasteiger partial charge in [0.15, 0.2) is 5.75 Å². The summed E-state index contributed by atoms with van der Waals surface area (Å²) in [6.45, 7) is 5.45. The minimum Gasteiger partial charge on any atom is -0.423 e. The SMILES string of the molecule is CC.Cc1cc2c(cc1F)OC(F)(F)C(=O)N2. The van der Waals surface area contributed by atoms with Crippen LogP contribution in [0.4, 0.5) is 18.9 Å². The van der Waals surface area contributed by atoms with Gasteiger partial charge in [0.25, 0.3) is 0 Å². The lowest BCUT2D eigenvalue weighted by molar-refractivity contribution is -0.189. The molecule has 1 aromatic carbocycles. The van der Waals surface area contributed by atoms with Gasteiger partial charge in [-0.3, -0.25) is 4.79 Å². The maximum Gasteiger partial charge on any atom is 0.482 e. The van der Waals surface area contributed by atoms with E-state index in [0.717, 1.165) is 6.07 Å². The summed E-state index contributed by atoms with van der Waals surface area (Å²) in [4.78, 5) is 10.8.